The van der Waals surface area contributed by atoms with E-state index >= 15 is 0 Å². The molecule has 1 saturated heterocycles. The van der Waals surface area contributed by atoms with E-state index in [1.807, 2.05) is 18.2 Å². The van der Waals surface area contributed by atoms with Crippen LogP contribution in [0, 0.1) is 0 Å². The van der Waals surface area contributed by atoms with Crippen molar-refractivity contribution >= 4 is 44.2 Å². The Labute approximate surface area is 185 Å². The van der Waals surface area contributed by atoms with E-state index < -0.39 is 0 Å². The second-order valence-corrected chi connectivity index (χ2v) is 8.55. The molecule has 0 N–H and O–H groups in total. The van der Waals surface area contributed by atoms with Crippen molar-refractivity contribution < 1.29 is 14.3 Å². The summed E-state index contributed by atoms with van der Waals surface area (Å²) in [6.07, 6.45) is 0.860. The number of ether oxygens (including phenoxy) is 2. The zero-order chi connectivity index (χ0) is 20.9. The first-order chi connectivity index (χ1) is 14.6. The van der Waals surface area contributed by atoms with Crippen molar-refractivity contribution in [3.05, 3.63) is 53.1 Å². The molecule has 2 heterocycles. The number of anilines is 1. The summed E-state index contributed by atoms with van der Waals surface area (Å²) < 4.78 is 11.7. The van der Waals surface area contributed by atoms with Gasteiger partial charge >= 0.3 is 0 Å². The van der Waals surface area contributed by atoms with E-state index in [0.29, 0.717) is 22.3 Å². The van der Waals surface area contributed by atoms with E-state index in [1.165, 1.54) is 11.3 Å². The molecule has 1 aliphatic heterocycles. The maximum absolute atomic E-state index is 13.3. The van der Waals surface area contributed by atoms with E-state index in [0.717, 1.165) is 55.2 Å². The van der Waals surface area contributed by atoms with Crippen LogP contribution in [-0.2, 0) is 4.74 Å². The zero-order valence-corrected chi connectivity index (χ0v) is 18.4. The number of aromatic nitrogens is 1. The van der Waals surface area contributed by atoms with Crippen LogP contribution in [0.25, 0.3) is 10.2 Å². The van der Waals surface area contributed by atoms with Crippen LogP contribution >= 0.6 is 22.9 Å². The van der Waals surface area contributed by atoms with Gasteiger partial charge in [-0.1, -0.05) is 22.9 Å². The third kappa shape index (κ3) is 4.92. The Morgan fingerprint density at radius 1 is 1.23 bits per heavy atom. The molecular weight excluding hydrogens is 422 g/mol. The highest BCUT2D eigenvalue weighted by Crippen LogP contribution is 2.32. The summed E-state index contributed by atoms with van der Waals surface area (Å²) in [5.74, 6) is 0.682. The maximum Gasteiger partial charge on any atom is 0.260 e. The summed E-state index contributed by atoms with van der Waals surface area (Å²) in [5, 5.41) is 1.30. The van der Waals surface area contributed by atoms with Gasteiger partial charge in [0.15, 0.2) is 5.13 Å². The van der Waals surface area contributed by atoms with Crippen molar-refractivity contribution in [2.24, 2.45) is 0 Å². The summed E-state index contributed by atoms with van der Waals surface area (Å²) in [6, 6.07) is 12.8. The van der Waals surface area contributed by atoms with E-state index in [4.69, 9.17) is 26.1 Å². The molecule has 8 heteroatoms. The number of carbonyl (C=O) groups excluding carboxylic acids is 1. The first-order valence-electron chi connectivity index (χ1n) is 9.96. The summed E-state index contributed by atoms with van der Waals surface area (Å²) in [7, 11) is 1.64. The van der Waals surface area contributed by atoms with Gasteiger partial charge in [0.25, 0.3) is 5.91 Å². The van der Waals surface area contributed by atoms with Crippen molar-refractivity contribution in [3.63, 3.8) is 0 Å². The van der Waals surface area contributed by atoms with Crippen LogP contribution in [0.3, 0.4) is 0 Å². The van der Waals surface area contributed by atoms with Crippen molar-refractivity contribution in [1.29, 1.82) is 0 Å². The molecule has 0 spiro atoms. The van der Waals surface area contributed by atoms with E-state index in [1.54, 1.807) is 36.3 Å². The lowest BCUT2D eigenvalue weighted by Crippen LogP contribution is -2.39. The van der Waals surface area contributed by atoms with Gasteiger partial charge in [0.05, 0.1) is 30.5 Å². The molecule has 0 radical (unpaired) electrons. The van der Waals surface area contributed by atoms with Crippen molar-refractivity contribution in [2.75, 3.05) is 51.4 Å². The number of rotatable bonds is 7. The van der Waals surface area contributed by atoms with Crippen molar-refractivity contribution in [2.45, 2.75) is 6.42 Å². The van der Waals surface area contributed by atoms with Crippen LogP contribution in [0.15, 0.2) is 42.5 Å². The van der Waals surface area contributed by atoms with Gasteiger partial charge in [-0.05, 0) is 42.8 Å². The van der Waals surface area contributed by atoms with Gasteiger partial charge in [0, 0.05) is 42.8 Å². The highest BCUT2D eigenvalue weighted by Gasteiger charge is 2.22. The highest BCUT2D eigenvalue weighted by atomic mass is 35.5. The monoisotopic (exact) mass is 445 g/mol. The molecule has 1 aliphatic rings. The lowest BCUT2D eigenvalue weighted by molar-refractivity contribution is 0.0376. The van der Waals surface area contributed by atoms with Gasteiger partial charge in [-0.3, -0.25) is 14.6 Å². The average Bonchev–Trinajstić information content (AvgIpc) is 3.20. The van der Waals surface area contributed by atoms with Crippen molar-refractivity contribution in [1.82, 2.24) is 9.88 Å². The van der Waals surface area contributed by atoms with Crippen LogP contribution in [0.1, 0.15) is 16.8 Å². The molecule has 3 aromatic rings. The van der Waals surface area contributed by atoms with Gasteiger partial charge in [0.2, 0.25) is 0 Å². The molecule has 0 atom stereocenters. The minimum absolute atomic E-state index is 0.0698. The molecule has 6 nitrogen and oxygen atoms in total. The Kier molecular flexibility index (Phi) is 6.84. The predicted molar refractivity (Wildman–Crippen MR) is 121 cm³/mol. The maximum atomic E-state index is 13.3. The Bertz CT molecular complexity index is 1000. The van der Waals surface area contributed by atoms with Crippen molar-refractivity contribution in [3.8, 4) is 5.75 Å². The number of thiazole rings is 1. The van der Waals surface area contributed by atoms with E-state index in [-0.39, 0.29) is 5.91 Å². The fourth-order valence-corrected chi connectivity index (χ4v) is 4.54. The van der Waals surface area contributed by atoms with Crippen LogP contribution in [0.2, 0.25) is 5.02 Å². The Morgan fingerprint density at radius 3 is 2.73 bits per heavy atom. The molecule has 158 valence electrons. The molecular formula is C22H24ClN3O3S. The smallest absolute Gasteiger partial charge is 0.260 e. The van der Waals surface area contributed by atoms with Crippen LogP contribution in [0.4, 0.5) is 5.13 Å². The van der Waals surface area contributed by atoms with Crippen LogP contribution < -0.4 is 9.64 Å². The van der Waals surface area contributed by atoms with Gasteiger partial charge < -0.3 is 9.47 Å². The minimum Gasteiger partial charge on any atom is -0.497 e. The van der Waals surface area contributed by atoms with Crippen LogP contribution in [-0.4, -0.2) is 62.3 Å². The SMILES string of the molecule is COc1ccc2sc(N(CCCN3CCOCC3)C(=O)c3ccc(Cl)cc3)nc2c1. The topological polar surface area (TPSA) is 54.9 Å². The normalized spacial score (nSPS) is 14.7. The number of amides is 1. The standard InChI is InChI=1S/C22H24ClN3O3S/c1-28-18-7-8-20-19(15-18)24-22(30-20)26(10-2-9-25-11-13-29-14-12-25)21(27)16-3-5-17(23)6-4-16/h3-8,15H,2,9-14H2,1H3. The number of carbonyl (C=O) groups is 1. The molecule has 0 bridgehead atoms. The fraction of sp³-hybridized carbons (Fsp3) is 0.364. The first kappa shape index (κ1) is 21.1. The second-order valence-electron chi connectivity index (χ2n) is 7.10. The summed E-state index contributed by atoms with van der Waals surface area (Å²) in [6.45, 7) is 4.93. The number of fused-ring (bicyclic) bond motifs is 1. The summed E-state index contributed by atoms with van der Waals surface area (Å²) in [5.41, 5.74) is 1.43. The molecule has 1 amide bonds. The molecule has 0 saturated carbocycles. The Morgan fingerprint density at radius 2 is 2.00 bits per heavy atom. The van der Waals surface area contributed by atoms with Crippen LogP contribution in [0.5, 0.6) is 5.75 Å². The van der Waals surface area contributed by atoms with E-state index in [9.17, 15) is 4.79 Å². The number of benzene rings is 2. The first-order valence-corrected chi connectivity index (χ1v) is 11.2. The predicted octanol–water partition coefficient (Wildman–Crippen LogP) is 4.33. The molecule has 2 aromatic carbocycles. The largest absolute Gasteiger partial charge is 0.497 e. The third-order valence-electron chi connectivity index (χ3n) is 5.11. The minimum atomic E-state index is -0.0698. The quantitative estimate of drug-likeness (QED) is 0.542. The van der Waals surface area contributed by atoms with Gasteiger partial charge in [-0.15, -0.1) is 0 Å². The molecule has 0 unspecified atom stereocenters. The number of hydrogen-bond acceptors (Lipinski definition) is 6. The van der Waals surface area contributed by atoms with Gasteiger partial charge in [-0.25, -0.2) is 4.98 Å². The Balaban J connectivity index is 1.57. The molecule has 0 aliphatic carbocycles. The Hall–Kier alpha value is -2.19. The average molecular weight is 446 g/mol. The summed E-state index contributed by atoms with van der Waals surface area (Å²) >= 11 is 7.52. The lowest BCUT2D eigenvalue weighted by Gasteiger charge is -2.27. The number of hydrogen-bond donors (Lipinski definition) is 0. The number of morpholine rings is 1. The second kappa shape index (κ2) is 9.75. The lowest BCUT2D eigenvalue weighted by atomic mass is 10.2. The number of nitrogens with zero attached hydrogens (tertiary/aromatic N) is 3. The molecule has 1 aromatic heterocycles. The molecule has 1 fully saturated rings. The highest BCUT2D eigenvalue weighted by molar-refractivity contribution is 7.22. The molecule has 30 heavy (non-hydrogen) atoms. The van der Waals surface area contributed by atoms with Gasteiger partial charge in [-0.2, -0.15) is 0 Å². The summed E-state index contributed by atoms with van der Waals surface area (Å²) in [4.78, 5) is 22.2. The molecule has 4 rings (SSSR count). The fourth-order valence-electron chi connectivity index (χ4n) is 3.45. The third-order valence-corrected chi connectivity index (χ3v) is 6.42. The van der Waals surface area contributed by atoms with E-state index in [2.05, 4.69) is 4.90 Å². The number of halogens is 1. The van der Waals surface area contributed by atoms with Gasteiger partial charge in [0.1, 0.15) is 5.75 Å². The zero-order valence-electron chi connectivity index (χ0n) is 16.8. The number of methoxy groups -OCH3 is 1.